The number of aromatic nitrogens is 3. The Morgan fingerprint density at radius 1 is 1.82 bits per heavy atom. The largest absolute Gasteiger partial charge is 1.00 e. The van der Waals surface area contributed by atoms with Crippen LogP contribution < -0.4 is 29.6 Å². The third-order valence-corrected chi connectivity index (χ3v) is 1.50. The maximum atomic E-state index is 10.2. The molecule has 7 heteroatoms. The van der Waals surface area contributed by atoms with Gasteiger partial charge in [0.05, 0.1) is 12.7 Å². The van der Waals surface area contributed by atoms with Crippen molar-refractivity contribution in [2.75, 3.05) is 0 Å². The first-order valence-corrected chi connectivity index (χ1v) is 3.81. The molecule has 1 aromatic heterocycles. The second kappa shape index (κ2) is 5.00. The van der Waals surface area contributed by atoms with Gasteiger partial charge in [-0.3, -0.25) is 4.21 Å². The predicted octanol–water partition coefficient (Wildman–Crippen LogP) is -3.46. The molecule has 0 saturated heterocycles. The summed E-state index contributed by atoms with van der Waals surface area (Å²) in [6.45, 7) is 2.41. The van der Waals surface area contributed by atoms with E-state index in [4.69, 9.17) is 0 Å². The summed E-state index contributed by atoms with van der Waals surface area (Å²) < 4.78 is 20.4. The van der Waals surface area contributed by atoms with Crippen molar-refractivity contribution in [3.63, 3.8) is 0 Å². The first-order chi connectivity index (χ1) is 4.74. The van der Waals surface area contributed by atoms with E-state index in [1.165, 1.54) is 11.0 Å². The molecule has 1 rings (SSSR count). The topological polar surface area (TPSA) is 70.8 Å². The quantitative estimate of drug-likeness (QED) is 0.353. The molecule has 11 heavy (non-hydrogen) atoms. The number of nitrogens with zero attached hydrogens (tertiary/aromatic N) is 3. The molecule has 0 saturated carbocycles. The summed E-state index contributed by atoms with van der Waals surface area (Å²) >= 11 is -2.25. The number of hydrogen-bond acceptors (Lipinski definition) is 4. The van der Waals surface area contributed by atoms with E-state index in [9.17, 15) is 8.76 Å². The van der Waals surface area contributed by atoms with Gasteiger partial charge in [-0.25, -0.2) is 0 Å². The number of hydrogen-bond donors (Lipinski definition) is 0. The molecule has 0 bridgehead atoms. The van der Waals surface area contributed by atoms with Crippen LogP contribution in [-0.2, 0) is 17.6 Å². The summed E-state index contributed by atoms with van der Waals surface area (Å²) in [7, 11) is 0. The minimum Gasteiger partial charge on any atom is -0.767 e. The van der Waals surface area contributed by atoms with E-state index < -0.39 is 11.1 Å². The molecule has 0 fully saturated rings. The van der Waals surface area contributed by atoms with Gasteiger partial charge in [0.25, 0.3) is 0 Å². The van der Waals surface area contributed by atoms with Gasteiger partial charge in [-0.1, -0.05) is 0 Å². The standard InChI is InChI=1S/C4H7N3O2S.Na/c1-2-7-5-3-4(6-7)10(8)9;/h3H,2H2,1H3,(H,8,9);/q;+1/p-1. The third kappa shape index (κ3) is 3.00. The first-order valence-electron chi connectivity index (χ1n) is 2.73. The molecule has 0 spiro atoms. The Labute approximate surface area is 88.7 Å². The smallest absolute Gasteiger partial charge is 0.767 e. The summed E-state index contributed by atoms with van der Waals surface area (Å²) in [6, 6.07) is 0. The van der Waals surface area contributed by atoms with E-state index >= 15 is 0 Å². The zero-order chi connectivity index (χ0) is 7.56. The van der Waals surface area contributed by atoms with Crippen molar-refractivity contribution in [2.45, 2.75) is 18.5 Å². The molecule has 0 aliphatic heterocycles. The van der Waals surface area contributed by atoms with Gasteiger partial charge in [-0.05, 0) is 6.92 Å². The fraction of sp³-hybridized carbons (Fsp3) is 0.500. The molecule has 56 valence electrons. The van der Waals surface area contributed by atoms with Crippen molar-refractivity contribution in [3.05, 3.63) is 6.20 Å². The van der Waals surface area contributed by atoms with Crippen molar-refractivity contribution in [3.8, 4) is 0 Å². The van der Waals surface area contributed by atoms with Crippen LogP contribution in [0.15, 0.2) is 11.2 Å². The second-order valence-corrected chi connectivity index (χ2v) is 2.49. The van der Waals surface area contributed by atoms with E-state index in [2.05, 4.69) is 10.2 Å². The van der Waals surface area contributed by atoms with E-state index in [0.29, 0.717) is 6.54 Å². The summed E-state index contributed by atoms with van der Waals surface area (Å²) in [4.78, 5) is 1.31. The van der Waals surface area contributed by atoms with Crippen LogP contribution in [0.3, 0.4) is 0 Å². The van der Waals surface area contributed by atoms with Crippen molar-refractivity contribution in [1.82, 2.24) is 15.0 Å². The third-order valence-electron chi connectivity index (χ3n) is 0.969. The summed E-state index contributed by atoms with van der Waals surface area (Å²) in [5.74, 6) is 0. The van der Waals surface area contributed by atoms with Crippen LogP contribution in [-0.4, -0.2) is 23.8 Å². The molecule has 1 atom stereocenters. The van der Waals surface area contributed by atoms with Crippen molar-refractivity contribution >= 4 is 11.1 Å². The van der Waals surface area contributed by atoms with Crippen LogP contribution in [0.1, 0.15) is 6.92 Å². The van der Waals surface area contributed by atoms with Crippen LogP contribution in [0.25, 0.3) is 0 Å². The van der Waals surface area contributed by atoms with Gasteiger partial charge in [-0.15, -0.1) is 5.10 Å². The van der Waals surface area contributed by atoms with Crippen LogP contribution in [0.5, 0.6) is 0 Å². The normalized spacial score (nSPS) is 12.2. The van der Waals surface area contributed by atoms with E-state index in [-0.39, 0.29) is 34.6 Å². The predicted molar refractivity (Wildman–Crippen MR) is 32.9 cm³/mol. The van der Waals surface area contributed by atoms with Gasteiger partial charge in [0.1, 0.15) is 0 Å². The summed E-state index contributed by atoms with van der Waals surface area (Å²) in [5, 5.41) is 7.28. The Bertz CT molecular complexity index is 251. The van der Waals surface area contributed by atoms with Crippen molar-refractivity contribution in [2.24, 2.45) is 0 Å². The Balaban J connectivity index is 0.000001000. The fourth-order valence-electron chi connectivity index (χ4n) is 0.510. The Morgan fingerprint density at radius 2 is 2.45 bits per heavy atom. The van der Waals surface area contributed by atoms with Gasteiger partial charge in [-0.2, -0.15) is 9.90 Å². The molecule has 1 heterocycles. The van der Waals surface area contributed by atoms with Gasteiger partial charge >= 0.3 is 29.6 Å². The van der Waals surface area contributed by atoms with Crippen LogP contribution in [0.4, 0.5) is 0 Å². The first kappa shape index (κ1) is 11.2. The van der Waals surface area contributed by atoms with E-state index in [1.54, 1.807) is 0 Å². The van der Waals surface area contributed by atoms with Crippen LogP contribution in [0, 0.1) is 0 Å². The maximum Gasteiger partial charge on any atom is 1.00 e. The molecule has 1 unspecified atom stereocenters. The van der Waals surface area contributed by atoms with Crippen molar-refractivity contribution in [1.29, 1.82) is 0 Å². The second-order valence-electron chi connectivity index (χ2n) is 1.61. The fourth-order valence-corrected chi connectivity index (χ4v) is 0.804. The van der Waals surface area contributed by atoms with E-state index in [0.717, 1.165) is 0 Å². The molecule has 0 amide bonds. The average molecular weight is 183 g/mol. The molecular formula is C4H6N3NaO2S. The monoisotopic (exact) mass is 183 g/mol. The van der Waals surface area contributed by atoms with Gasteiger partial charge in [0.15, 0.2) is 5.03 Å². The molecular weight excluding hydrogens is 177 g/mol. The summed E-state index contributed by atoms with van der Waals surface area (Å²) in [5.41, 5.74) is 0. The maximum absolute atomic E-state index is 10.2. The molecule has 0 aliphatic rings. The number of aryl methyl sites for hydroxylation is 1. The Morgan fingerprint density at radius 3 is 2.73 bits per heavy atom. The molecule has 5 nitrogen and oxygen atoms in total. The van der Waals surface area contributed by atoms with Crippen LogP contribution in [0.2, 0.25) is 0 Å². The van der Waals surface area contributed by atoms with Gasteiger partial charge in [0.2, 0.25) is 0 Å². The van der Waals surface area contributed by atoms with Gasteiger partial charge < -0.3 is 4.55 Å². The Kier molecular flexibility index (Phi) is 5.11. The molecule has 0 radical (unpaired) electrons. The van der Waals surface area contributed by atoms with Crippen LogP contribution >= 0.6 is 0 Å². The molecule has 0 aromatic carbocycles. The average Bonchev–Trinajstić information content (AvgIpc) is 2.34. The zero-order valence-electron chi connectivity index (χ0n) is 6.35. The van der Waals surface area contributed by atoms with E-state index in [1.807, 2.05) is 6.92 Å². The Hall–Kier alpha value is 0.250. The minimum absolute atomic E-state index is 0. The van der Waals surface area contributed by atoms with Gasteiger partial charge in [0, 0.05) is 11.1 Å². The zero-order valence-corrected chi connectivity index (χ0v) is 9.17. The SMILES string of the molecule is CCn1ncc(S(=O)[O-])n1.[Na+]. The minimum atomic E-state index is -2.25. The molecule has 1 aromatic rings. The number of rotatable bonds is 2. The molecule has 0 N–H and O–H groups in total. The summed E-state index contributed by atoms with van der Waals surface area (Å²) in [6.07, 6.45) is 1.21. The molecule has 0 aliphatic carbocycles. The van der Waals surface area contributed by atoms with Crippen molar-refractivity contribution < 1.29 is 38.3 Å².